The maximum Gasteiger partial charge on any atom is 0.214 e. The first kappa shape index (κ1) is 14.3. The van der Waals surface area contributed by atoms with Gasteiger partial charge in [0.1, 0.15) is 0 Å². The van der Waals surface area contributed by atoms with Gasteiger partial charge in [-0.1, -0.05) is 6.92 Å². The summed E-state index contributed by atoms with van der Waals surface area (Å²) in [5.74, 6) is 1.42. The van der Waals surface area contributed by atoms with Crippen LogP contribution in [0, 0.1) is 11.8 Å². The topological polar surface area (TPSA) is 63.4 Å². The third kappa shape index (κ3) is 2.89. The molecule has 18 heavy (non-hydrogen) atoms. The maximum atomic E-state index is 12.4. The Kier molecular flexibility index (Phi) is 4.04. The summed E-state index contributed by atoms with van der Waals surface area (Å²) < 4.78 is 26.4. The molecule has 0 aromatic rings. The van der Waals surface area contributed by atoms with E-state index in [4.69, 9.17) is 5.73 Å². The van der Waals surface area contributed by atoms with Crippen LogP contribution in [-0.2, 0) is 10.0 Å². The SMILES string of the molecule is CC1CCC(CN)(N(C)S(=O)(=O)CC2CC2)CC1. The molecule has 0 bridgehead atoms. The van der Waals surface area contributed by atoms with Crippen LogP contribution in [-0.4, -0.2) is 37.6 Å². The lowest BCUT2D eigenvalue weighted by molar-refractivity contribution is 0.135. The summed E-state index contributed by atoms with van der Waals surface area (Å²) in [6.45, 7) is 2.68. The van der Waals surface area contributed by atoms with E-state index in [-0.39, 0.29) is 5.54 Å². The van der Waals surface area contributed by atoms with E-state index in [1.54, 1.807) is 11.4 Å². The molecule has 0 saturated heterocycles. The lowest BCUT2D eigenvalue weighted by atomic mass is 9.77. The Hall–Kier alpha value is -0.130. The van der Waals surface area contributed by atoms with E-state index in [1.807, 2.05) is 0 Å². The number of hydrogen-bond donors (Lipinski definition) is 1. The van der Waals surface area contributed by atoms with Gasteiger partial charge in [-0.3, -0.25) is 0 Å². The monoisotopic (exact) mass is 274 g/mol. The van der Waals surface area contributed by atoms with Gasteiger partial charge in [-0.05, 0) is 50.4 Å². The van der Waals surface area contributed by atoms with Crippen molar-refractivity contribution in [3.63, 3.8) is 0 Å². The molecule has 2 rings (SSSR count). The van der Waals surface area contributed by atoms with Crippen LogP contribution < -0.4 is 5.73 Å². The predicted molar refractivity (Wildman–Crippen MR) is 73.7 cm³/mol. The third-order valence-electron chi connectivity index (χ3n) is 4.81. The predicted octanol–water partition coefficient (Wildman–Crippen LogP) is 1.57. The normalized spacial score (nSPS) is 33.9. The van der Waals surface area contributed by atoms with Crippen molar-refractivity contribution in [2.45, 2.75) is 51.0 Å². The number of rotatable bonds is 5. The highest BCUT2D eigenvalue weighted by atomic mass is 32.2. The second-order valence-corrected chi connectivity index (χ2v) is 8.35. The molecule has 0 aliphatic heterocycles. The molecule has 2 saturated carbocycles. The molecule has 0 unspecified atom stereocenters. The molecule has 0 aromatic carbocycles. The van der Waals surface area contributed by atoms with Crippen LogP contribution in [0.2, 0.25) is 0 Å². The molecule has 0 radical (unpaired) electrons. The van der Waals surface area contributed by atoms with Crippen molar-refractivity contribution in [1.29, 1.82) is 0 Å². The summed E-state index contributed by atoms with van der Waals surface area (Å²) >= 11 is 0. The number of sulfonamides is 1. The highest BCUT2D eigenvalue weighted by Gasteiger charge is 2.43. The minimum Gasteiger partial charge on any atom is -0.329 e. The van der Waals surface area contributed by atoms with Crippen molar-refractivity contribution >= 4 is 10.0 Å². The van der Waals surface area contributed by atoms with E-state index in [0.29, 0.717) is 24.1 Å². The zero-order chi connectivity index (χ0) is 13.4. The van der Waals surface area contributed by atoms with E-state index in [0.717, 1.165) is 38.5 Å². The van der Waals surface area contributed by atoms with Gasteiger partial charge in [0.25, 0.3) is 0 Å². The van der Waals surface area contributed by atoms with Crippen LogP contribution in [0.3, 0.4) is 0 Å². The molecule has 0 spiro atoms. The van der Waals surface area contributed by atoms with E-state index in [2.05, 4.69) is 6.92 Å². The van der Waals surface area contributed by atoms with E-state index >= 15 is 0 Å². The van der Waals surface area contributed by atoms with Crippen molar-refractivity contribution in [1.82, 2.24) is 4.31 Å². The molecule has 2 fully saturated rings. The van der Waals surface area contributed by atoms with Crippen molar-refractivity contribution < 1.29 is 8.42 Å². The molecule has 2 N–H and O–H groups in total. The molecule has 106 valence electrons. The van der Waals surface area contributed by atoms with E-state index in [9.17, 15) is 8.42 Å². The molecule has 5 heteroatoms. The smallest absolute Gasteiger partial charge is 0.214 e. The van der Waals surface area contributed by atoms with Crippen molar-refractivity contribution in [3.05, 3.63) is 0 Å². The lowest BCUT2D eigenvalue weighted by Gasteiger charge is -2.44. The standard InChI is InChI=1S/C13H26N2O2S/c1-11-5-7-13(10-14,8-6-11)15(2)18(16,17)9-12-3-4-12/h11-12H,3-10,14H2,1-2H3. The van der Waals surface area contributed by atoms with Gasteiger partial charge in [-0.25, -0.2) is 8.42 Å². The van der Waals surface area contributed by atoms with Gasteiger partial charge >= 0.3 is 0 Å². The molecule has 0 atom stereocenters. The summed E-state index contributed by atoms with van der Waals surface area (Å²) in [4.78, 5) is 0. The first-order chi connectivity index (χ1) is 8.39. The Morgan fingerprint density at radius 3 is 2.22 bits per heavy atom. The van der Waals surface area contributed by atoms with Gasteiger partial charge < -0.3 is 5.73 Å². The van der Waals surface area contributed by atoms with Gasteiger partial charge in [0.05, 0.1) is 5.75 Å². The quantitative estimate of drug-likeness (QED) is 0.827. The first-order valence-corrected chi connectivity index (χ1v) is 8.67. The molecule has 2 aliphatic carbocycles. The average Bonchev–Trinajstić information content (AvgIpc) is 3.13. The zero-order valence-corrected chi connectivity index (χ0v) is 12.4. The number of likely N-dealkylation sites (N-methyl/N-ethyl adjacent to an activating group) is 1. The molecular formula is C13H26N2O2S. The largest absolute Gasteiger partial charge is 0.329 e. The second kappa shape index (κ2) is 5.10. The molecule has 0 aromatic heterocycles. The number of nitrogens with zero attached hydrogens (tertiary/aromatic N) is 1. The Bertz CT molecular complexity index is 382. The van der Waals surface area contributed by atoms with E-state index < -0.39 is 10.0 Å². The molecule has 4 nitrogen and oxygen atoms in total. The number of nitrogens with two attached hydrogens (primary N) is 1. The summed E-state index contributed by atoms with van der Waals surface area (Å²) in [7, 11) is -1.39. The Balaban J connectivity index is 2.10. The summed E-state index contributed by atoms with van der Waals surface area (Å²) in [5.41, 5.74) is 5.60. The van der Waals surface area contributed by atoms with Crippen LogP contribution in [0.1, 0.15) is 45.4 Å². The molecule has 2 aliphatic rings. The fourth-order valence-corrected chi connectivity index (χ4v) is 4.94. The van der Waals surface area contributed by atoms with Gasteiger partial charge in [0.15, 0.2) is 0 Å². The van der Waals surface area contributed by atoms with Crippen LogP contribution in [0.4, 0.5) is 0 Å². The molecule has 0 heterocycles. The van der Waals surface area contributed by atoms with Crippen LogP contribution in [0.25, 0.3) is 0 Å². The lowest BCUT2D eigenvalue weighted by Crippen LogP contribution is -2.56. The van der Waals surface area contributed by atoms with Crippen molar-refractivity contribution in [3.8, 4) is 0 Å². The third-order valence-corrected chi connectivity index (χ3v) is 6.93. The fourth-order valence-electron chi connectivity index (χ4n) is 2.94. The van der Waals surface area contributed by atoms with Gasteiger partial charge in [-0.15, -0.1) is 0 Å². The summed E-state index contributed by atoms with van der Waals surface area (Å²) in [6, 6.07) is 0. The zero-order valence-electron chi connectivity index (χ0n) is 11.6. The summed E-state index contributed by atoms with van der Waals surface area (Å²) in [5, 5.41) is 0. The van der Waals surface area contributed by atoms with Crippen LogP contribution in [0.15, 0.2) is 0 Å². The Morgan fingerprint density at radius 2 is 1.78 bits per heavy atom. The van der Waals surface area contributed by atoms with Crippen LogP contribution >= 0.6 is 0 Å². The second-order valence-electron chi connectivity index (χ2n) is 6.30. The van der Waals surface area contributed by atoms with Crippen LogP contribution in [0.5, 0.6) is 0 Å². The highest BCUT2D eigenvalue weighted by molar-refractivity contribution is 7.89. The summed E-state index contributed by atoms with van der Waals surface area (Å²) in [6.07, 6.45) is 6.12. The van der Waals surface area contributed by atoms with Crippen molar-refractivity contribution in [2.24, 2.45) is 17.6 Å². The average molecular weight is 274 g/mol. The molecule has 0 amide bonds. The minimum absolute atomic E-state index is 0.319. The fraction of sp³-hybridized carbons (Fsp3) is 1.00. The van der Waals surface area contributed by atoms with Crippen molar-refractivity contribution in [2.75, 3.05) is 19.3 Å². The number of hydrogen-bond acceptors (Lipinski definition) is 3. The minimum atomic E-state index is -3.13. The van der Waals surface area contributed by atoms with Gasteiger partial charge in [-0.2, -0.15) is 4.31 Å². The first-order valence-electron chi connectivity index (χ1n) is 7.06. The van der Waals surface area contributed by atoms with Gasteiger partial charge in [0, 0.05) is 19.1 Å². The van der Waals surface area contributed by atoms with Gasteiger partial charge in [0.2, 0.25) is 10.0 Å². The Morgan fingerprint density at radius 1 is 1.22 bits per heavy atom. The highest BCUT2D eigenvalue weighted by Crippen LogP contribution is 2.38. The maximum absolute atomic E-state index is 12.4. The Labute approximate surface area is 111 Å². The van der Waals surface area contributed by atoms with E-state index in [1.165, 1.54) is 0 Å². The molecular weight excluding hydrogens is 248 g/mol.